The average Bonchev–Trinajstić information content (AvgIpc) is 3.08. The van der Waals surface area contributed by atoms with Gasteiger partial charge in [0.05, 0.1) is 29.0 Å². The van der Waals surface area contributed by atoms with Crippen LogP contribution in [-0.4, -0.2) is 38.5 Å². The Balaban J connectivity index is 1.70. The Morgan fingerprint density at radius 2 is 2.03 bits per heavy atom. The van der Waals surface area contributed by atoms with Gasteiger partial charge in [-0.2, -0.15) is 0 Å². The van der Waals surface area contributed by atoms with Crippen molar-refractivity contribution >= 4 is 29.0 Å². The van der Waals surface area contributed by atoms with Crippen LogP contribution < -0.4 is 10.1 Å². The van der Waals surface area contributed by atoms with Gasteiger partial charge >= 0.3 is 0 Å². The maximum Gasteiger partial charge on any atom is 0.271 e. The zero-order valence-electron chi connectivity index (χ0n) is 16.1. The van der Waals surface area contributed by atoms with E-state index in [0.29, 0.717) is 22.4 Å². The summed E-state index contributed by atoms with van der Waals surface area (Å²) in [4.78, 5) is 22.8. The third kappa shape index (κ3) is 4.54. The number of rotatable bonds is 7. The van der Waals surface area contributed by atoms with E-state index in [1.807, 2.05) is 31.3 Å². The average molecular weight is 413 g/mol. The Bertz CT molecular complexity index is 1070. The number of aromatic nitrogens is 3. The molecule has 1 amide bonds. The number of hydrogen-bond acceptors (Lipinski definition) is 7. The predicted octanol–water partition coefficient (Wildman–Crippen LogP) is 3.44. The number of aryl methyl sites for hydroxylation is 1. The lowest BCUT2D eigenvalue weighted by molar-refractivity contribution is -0.384. The first kappa shape index (κ1) is 20.3. The molecule has 1 N–H and O–H groups in total. The van der Waals surface area contributed by atoms with Gasteiger partial charge in [-0.05, 0) is 24.6 Å². The largest absolute Gasteiger partial charge is 0.496 e. The van der Waals surface area contributed by atoms with Gasteiger partial charge in [-0.25, -0.2) is 0 Å². The fourth-order valence-corrected chi connectivity index (χ4v) is 3.39. The molecule has 3 aromatic rings. The van der Waals surface area contributed by atoms with Crippen LogP contribution in [-0.2, 0) is 11.8 Å². The molecular weight excluding hydrogens is 394 g/mol. The molecule has 0 unspecified atom stereocenters. The lowest BCUT2D eigenvalue weighted by atomic mass is 10.2. The lowest BCUT2D eigenvalue weighted by Gasteiger charge is -2.09. The van der Waals surface area contributed by atoms with E-state index in [1.54, 1.807) is 24.7 Å². The van der Waals surface area contributed by atoms with Gasteiger partial charge in [0.2, 0.25) is 5.91 Å². The van der Waals surface area contributed by atoms with E-state index in [0.717, 1.165) is 11.1 Å². The van der Waals surface area contributed by atoms with Crippen molar-refractivity contribution in [2.75, 3.05) is 18.2 Å². The molecule has 0 aliphatic rings. The highest BCUT2D eigenvalue weighted by Gasteiger charge is 2.16. The Morgan fingerprint density at radius 3 is 2.76 bits per heavy atom. The Labute approximate surface area is 171 Å². The van der Waals surface area contributed by atoms with Gasteiger partial charge in [0.1, 0.15) is 5.75 Å². The fraction of sp³-hybridized carbons (Fsp3) is 0.211. The summed E-state index contributed by atoms with van der Waals surface area (Å²) < 4.78 is 7.15. The first-order valence-corrected chi connectivity index (χ1v) is 9.59. The van der Waals surface area contributed by atoms with Crippen molar-refractivity contribution in [1.29, 1.82) is 0 Å². The van der Waals surface area contributed by atoms with Crippen LogP contribution in [0.2, 0.25) is 0 Å². The molecule has 0 aliphatic carbocycles. The number of thioether (sulfide) groups is 1. The minimum atomic E-state index is -0.497. The number of nitrogens with zero attached hydrogens (tertiary/aromatic N) is 4. The number of non-ortho nitro benzene ring substituents is 1. The van der Waals surface area contributed by atoms with Crippen molar-refractivity contribution in [2.24, 2.45) is 7.05 Å². The summed E-state index contributed by atoms with van der Waals surface area (Å²) in [6, 6.07) is 11.8. The second-order valence-electron chi connectivity index (χ2n) is 6.16. The van der Waals surface area contributed by atoms with E-state index in [2.05, 4.69) is 15.5 Å². The van der Waals surface area contributed by atoms with Crippen LogP contribution in [0.15, 0.2) is 47.6 Å². The summed E-state index contributed by atoms with van der Waals surface area (Å²) in [5, 5.41) is 22.6. The number of amides is 1. The maximum absolute atomic E-state index is 12.3. The van der Waals surface area contributed by atoms with Crippen LogP contribution >= 0.6 is 11.8 Å². The SMILES string of the molecule is COc1ccccc1-c1nnc(SCC(=O)Nc2cc([N+](=O)[O-])ccc2C)n1C. The van der Waals surface area contributed by atoms with Crippen LogP contribution in [0.1, 0.15) is 5.56 Å². The lowest BCUT2D eigenvalue weighted by Crippen LogP contribution is -2.15. The van der Waals surface area contributed by atoms with Gasteiger partial charge in [-0.15, -0.1) is 10.2 Å². The summed E-state index contributed by atoms with van der Waals surface area (Å²) in [6.45, 7) is 1.77. The highest BCUT2D eigenvalue weighted by molar-refractivity contribution is 7.99. The molecule has 9 nitrogen and oxygen atoms in total. The standard InChI is InChI=1S/C19H19N5O4S/c1-12-8-9-13(24(26)27)10-15(12)20-17(25)11-29-19-22-21-18(23(19)2)14-6-4-5-7-16(14)28-3/h4-10H,11H2,1-3H3,(H,20,25). The van der Waals surface area contributed by atoms with Crippen molar-refractivity contribution < 1.29 is 14.5 Å². The minimum absolute atomic E-state index is 0.0756. The molecule has 29 heavy (non-hydrogen) atoms. The summed E-state index contributed by atoms with van der Waals surface area (Å²) in [5.41, 5.74) is 1.88. The number of nitrogens with one attached hydrogen (secondary N) is 1. The number of carbonyl (C=O) groups is 1. The Morgan fingerprint density at radius 1 is 1.28 bits per heavy atom. The molecule has 0 saturated carbocycles. The molecule has 0 radical (unpaired) electrons. The molecule has 0 saturated heterocycles. The van der Waals surface area contributed by atoms with Crippen molar-refractivity contribution in [3.63, 3.8) is 0 Å². The van der Waals surface area contributed by atoms with Gasteiger partial charge in [0.25, 0.3) is 5.69 Å². The van der Waals surface area contributed by atoms with Gasteiger partial charge in [-0.1, -0.05) is 30.0 Å². The normalized spacial score (nSPS) is 10.6. The van der Waals surface area contributed by atoms with Gasteiger partial charge < -0.3 is 14.6 Å². The number of carbonyl (C=O) groups excluding carboxylic acids is 1. The highest BCUT2D eigenvalue weighted by Crippen LogP contribution is 2.30. The van der Waals surface area contributed by atoms with E-state index in [4.69, 9.17) is 4.74 Å². The van der Waals surface area contributed by atoms with E-state index in [-0.39, 0.29) is 17.3 Å². The highest BCUT2D eigenvalue weighted by atomic mass is 32.2. The van der Waals surface area contributed by atoms with Gasteiger partial charge in [0.15, 0.2) is 11.0 Å². The number of anilines is 1. The second-order valence-corrected chi connectivity index (χ2v) is 7.10. The monoisotopic (exact) mass is 413 g/mol. The molecule has 10 heteroatoms. The molecule has 150 valence electrons. The van der Waals surface area contributed by atoms with Crippen LogP contribution in [0.5, 0.6) is 5.75 Å². The van der Waals surface area contributed by atoms with Crippen LogP contribution in [0.4, 0.5) is 11.4 Å². The first-order valence-electron chi connectivity index (χ1n) is 8.61. The number of ether oxygens (including phenoxy) is 1. The van der Waals surface area contributed by atoms with Crippen molar-refractivity contribution in [1.82, 2.24) is 14.8 Å². The molecule has 0 fully saturated rings. The van der Waals surface area contributed by atoms with E-state index < -0.39 is 4.92 Å². The number of nitro benzene ring substituents is 1. The molecule has 0 bridgehead atoms. The molecular formula is C19H19N5O4S. The maximum atomic E-state index is 12.3. The third-order valence-corrected chi connectivity index (χ3v) is 5.24. The molecule has 1 heterocycles. The number of methoxy groups -OCH3 is 1. The smallest absolute Gasteiger partial charge is 0.271 e. The predicted molar refractivity (Wildman–Crippen MR) is 110 cm³/mol. The Hall–Kier alpha value is -3.40. The summed E-state index contributed by atoms with van der Waals surface area (Å²) in [7, 11) is 3.40. The molecule has 3 rings (SSSR count). The van der Waals surface area contributed by atoms with E-state index in [9.17, 15) is 14.9 Å². The molecule has 0 aliphatic heterocycles. The number of hydrogen-bond donors (Lipinski definition) is 1. The number of nitro groups is 1. The van der Waals surface area contributed by atoms with Crippen molar-refractivity contribution in [3.8, 4) is 17.1 Å². The topological polar surface area (TPSA) is 112 Å². The van der Waals surface area contributed by atoms with Gasteiger partial charge in [0, 0.05) is 19.2 Å². The summed E-state index contributed by atoms with van der Waals surface area (Å²) in [5.74, 6) is 1.10. The zero-order valence-corrected chi connectivity index (χ0v) is 16.9. The second kappa shape index (κ2) is 8.74. The third-order valence-electron chi connectivity index (χ3n) is 4.22. The minimum Gasteiger partial charge on any atom is -0.496 e. The fourth-order valence-electron chi connectivity index (χ4n) is 2.68. The zero-order chi connectivity index (χ0) is 21.0. The van der Waals surface area contributed by atoms with Crippen LogP contribution in [0.25, 0.3) is 11.4 Å². The number of benzene rings is 2. The van der Waals surface area contributed by atoms with E-state index in [1.165, 1.54) is 23.9 Å². The Kier molecular flexibility index (Phi) is 6.13. The molecule has 1 aromatic heterocycles. The first-order chi connectivity index (χ1) is 13.9. The van der Waals surface area contributed by atoms with Gasteiger partial charge in [-0.3, -0.25) is 14.9 Å². The molecule has 0 atom stereocenters. The van der Waals surface area contributed by atoms with Crippen molar-refractivity contribution in [2.45, 2.75) is 12.1 Å². The van der Waals surface area contributed by atoms with Crippen molar-refractivity contribution in [3.05, 3.63) is 58.1 Å². The number of para-hydroxylation sites is 1. The summed E-state index contributed by atoms with van der Waals surface area (Å²) in [6.07, 6.45) is 0. The molecule has 0 spiro atoms. The van der Waals surface area contributed by atoms with Crippen LogP contribution in [0, 0.1) is 17.0 Å². The molecule has 2 aromatic carbocycles. The van der Waals surface area contributed by atoms with Crippen LogP contribution in [0.3, 0.4) is 0 Å². The van der Waals surface area contributed by atoms with E-state index >= 15 is 0 Å². The summed E-state index contributed by atoms with van der Waals surface area (Å²) >= 11 is 1.22. The quantitative estimate of drug-likeness (QED) is 0.359.